The molecule has 0 atom stereocenters. The van der Waals surface area contributed by atoms with Crippen molar-refractivity contribution in [3.05, 3.63) is 338 Å². The maximum absolute atomic E-state index is 2.53. The van der Waals surface area contributed by atoms with E-state index in [1.807, 2.05) is 22.7 Å². The number of thiophene rings is 2. The number of rotatable bonds is 8. The molecule has 4 heteroatoms. The number of para-hydroxylation sites is 2. The molecule has 0 N–H and O–H groups in total. The van der Waals surface area contributed by atoms with Crippen LogP contribution in [0, 0.1) is 0 Å². The van der Waals surface area contributed by atoms with Gasteiger partial charge in [0.2, 0.25) is 0 Å². The Morgan fingerprint density at radius 2 is 0.697 bits per heavy atom. The van der Waals surface area contributed by atoms with Crippen molar-refractivity contribution >= 4 is 129 Å². The van der Waals surface area contributed by atoms with E-state index in [-0.39, 0.29) is 0 Å². The molecule has 414 valence electrons. The average molecular weight is 1170 g/mol. The second-order valence-corrected chi connectivity index (χ2v) is 25.9. The van der Waals surface area contributed by atoms with E-state index < -0.39 is 5.41 Å². The van der Waals surface area contributed by atoms with Crippen molar-refractivity contribution in [2.24, 2.45) is 0 Å². The van der Waals surface area contributed by atoms with E-state index >= 15 is 0 Å². The molecule has 1 spiro atoms. The summed E-state index contributed by atoms with van der Waals surface area (Å²) in [7, 11) is 0. The SMILES string of the molecule is c1ccc(N(c2ccc3c(c2)-c2ccccc2C32c3ccccc3-c3ccccc32)c2cc3c(cc2-c2cccc(-c4c(N(c5ccccc5)c5ccc6c7ccccc7c7ccccc7c6c5)ccc5sc6ccccc6c45)c2)sc2ccccc23)cc1. The summed E-state index contributed by atoms with van der Waals surface area (Å²) in [5.41, 5.74) is 21.3. The van der Waals surface area contributed by atoms with E-state index in [0.29, 0.717) is 0 Å². The summed E-state index contributed by atoms with van der Waals surface area (Å²) in [5, 5.41) is 12.6. The van der Waals surface area contributed by atoms with Crippen molar-refractivity contribution in [2.75, 3.05) is 9.80 Å². The van der Waals surface area contributed by atoms with E-state index in [2.05, 4.69) is 325 Å². The van der Waals surface area contributed by atoms with Crippen LogP contribution in [0.25, 0.3) is 117 Å². The van der Waals surface area contributed by atoms with Gasteiger partial charge in [0.1, 0.15) is 0 Å². The quantitative estimate of drug-likeness (QED) is 0.140. The van der Waals surface area contributed by atoms with Crippen molar-refractivity contribution in [3.63, 3.8) is 0 Å². The predicted molar refractivity (Wildman–Crippen MR) is 381 cm³/mol. The first-order valence-electron chi connectivity index (χ1n) is 30.6. The molecular formula is C85H52N2S2. The van der Waals surface area contributed by atoms with Crippen LogP contribution < -0.4 is 9.80 Å². The number of nitrogens with zero attached hydrogens (tertiary/aromatic N) is 2. The fraction of sp³-hybridized carbons (Fsp3) is 0.0118. The summed E-state index contributed by atoms with van der Waals surface area (Å²) >= 11 is 3.75. The molecule has 2 aliphatic carbocycles. The Morgan fingerprint density at radius 3 is 1.35 bits per heavy atom. The van der Waals surface area contributed by atoms with Crippen LogP contribution in [0.15, 0.2) is 315 Å². The minimum Gasteiger partial charge on any atom is -0.310 e. The molecule has 0 radical (unpaired) electrons. The zero-order valence-electron chi connectivity index (χ0n) is 48.2. The molecule has 0 amide bonds. The topological polar surface area (TPSA) is 6.48 Å². The third-order valence-corrected chi connectivity index (χ3v) is 21.5. The minimum absolute atomic E-state index is 0.446. The molecule has 0 saturated heterocycles. The van der Waals surface area contributed by atoms with Gasteiger partial charge in [-0.2, -0.15) is 0 Å². The zero-order chi connectivity index (χ0) is 58.3. The Balaban J connectivity index is 0.853. The van der Waals surface area contributed by atoms with Gasteiger partial charge in [-0.3, -0.25) is 0 Å². The summed E-state index contributed by atoms with van der Waals surface area (Å²) in [6.07, 6.45) is 0. The maximum Gasteiger partial charge on any atom is 0.0725 e. The first-order chi connectivity index (χ1) is 44.2. The fourth-order valence-corrected chi connectivity index (χ4v) is 17.8. The van der Waals surface area contributed by atoms with Crippen LogP contribution >= 0.6 is 22.7 Å². The van der Waals surface area contributed by atoms with Crippen LogP contribution in [0.5, 0.6) is 0 Å². The normalized spacial score (nSPS) is 12.8. The Labute approximate surface area is 523 Å². The molecule has 0 aliphatic heterocycles. The van der Waals surface area contributed by atoms with Gasteiger partial charge in [0.15, 0.2) is 0 Å². The second kappa shape index (κ2) is 19.6. The molecule has 0 fully saturated rings. The van der Waals surface area contributed by atoms with E-state index in [1.165, 1.54) is 123 Å². The molecule has 19 rings (SSSR count). The van der Waals surface area contributed by atoms with Crippen molar-refractivity contribution in [3.8, 4) is 44.5 Å². The molecule has 2 aliphatic rings. The molecule has 89 heavy (non-hydrogen) atoms. The fourth-order valence-electron chi connectivity index (χ4n) is 15.6. The molecule has 2 nitrogen and oxygen atoms in total. The Hall–Kier alpha value is -10.9. The largest absolute Gasteiger partial charge is 0.310 e. The Bertz CT molecular complexity index is 5700. The number of anilines is 6. The van der Waals surface area contributed by atoms with Crippen LogP contribution in [-0.4, -0.2) is 0 Å². The lowest BCUT2D eigenvalue weighted by Crippen LogP contribution is -2.25. The van der Waals surface area contributed by atoms with Crippen LogP contribution in [-0.2, 0) is 5.41 Å². The van der Waals surface area contributed by atoms with Crippen molar-refractivity contribution in [1.82, 2.24) is 0 Å². The number of fused-ring (bicyclic) bond motifs is 22. The van der Waals surface area contributed by atoms with E-state index in [4.69, 9.17) is 0 Å². The van der Waals surface area contributed by atoms with Gasteiger partial charge in [-0.15, -0.1) is 22.7 Å². The van der Waals surface area contributed by atoms with Gasteiger partial charge < -0.3 is 9.80 Å². The van der Waals surface area contributed by atoms with Crippen LogP contribution in [0.1, 0.15) is 22.3 Å². The molecular weight excluding hydrogens is 1110 g/mol. The van der Waals surface area contributed by atoms with Gasteiger partial charge in [0.25, 0.3) is 0 Å². The standard InChI is InChI=1S/C85H52N2S2/c1-3-24-55(25-4-1)86(57-42-44-63-61-30-8-7-28-59(61)60-29-9-10-31-62(60)70(63)49-57)77-46-47-81-84(68-36-15-20-41-80(68)88-81)83(77)54-23-21-22-53(48-54)69-52-82-72(67-35-14-19-40-79(67)89-82)51-78(69)87(56-26-5-2-6-27-56)58-43-45-76-71(50-58)66-34-13-18-39-75(66)85(76)73-37-16-11-32-64(73)65-33-12-17-38-74(65)85/h1-52H. The second-order valence-electron chi connectivity index (χ2n) is 23.8. The highest BCUT2D eigenvalue weighted by atomic mass is 32.1. The van der Waals surface area contributed by atoms with Gasteiger partial charge in [-0.1, -0.05) is 224 Å². The number of hydrogen-bond acceptors (Lipinski definition) is 4. The van der Waals surface area contributed by atoms with Crippen LogP contribution in [0.2, 0.25) is 0 Å². The first kappa shape index (κ1) is 50.3. The average Bonchev–Trinajstić information content (AvgIpc) is 1.58. The predicted octanol–water partition coefficient (Wildman–Crippen LogP) is 24.5. The minimum atomic E-state index is -0.446. The summed E-state index contributed by atoms with van der Waals surface area (Å²) in [4.78, 5) is 5.03. The first-order valence-corrected chi connectivity index (χ1v) is 32.3. The van der Waals surface area contributed by atoms with Crippen molar-refractivity contribution in [2.45, 2.75) is 5.41 Å². The van der Waals surface area contributed by atoms with Crippen molar-refractivity contribution in [1.29, 1.82) is 0 Å². The highest BCUT2D eigenvalue weighted by molar-refractivity contribution is 7.26. The smallest absolute Gasteiger partial charge is 0.0725 e. The van der Waals surface area contributed by atoms with Gasteiger partial charge in [0.05, 0.1) is 16.8 Å². The Morgan fingerprint density at radius 1 is 0.225 bits per heavy atom. The summed E-state index contributed by atoms with van der Waals surface area (Å²) in [6, 6.07) is 119. The highest BCUT2D eigenvalue weighted by Crippen LogP contribution is 2.64. The molecule has 0 bridgehead atoms. The molecule has 0 saturated carbocycles. The summed E-state index contributed by atoms with van der Waals surface area (Å²) in [6.45, 7) is 0. The van der Waals surface area contributed by atoms with Gasteiger partial charge in [0, 0.05) is 74.2 Å². The Kier molecular flexibility index (Phi) is 11.1. The highest BCUT2D eigenvalue weighted by Gasteiger charge is 2.51. The van der Waals surface area contributed by atoms with Gasteiger partial charge >= 0.3 is 0 Å². The molecule has 0 unspecified atom stereocenters. The van der Waals surface area contributed by atoms with Gasteiger partial charge in [-0.25, -0.2) is 0 Å². The van der Waals surface area contributed by atoms with E-state index in [9.17, 15) is 0 Å². The van der Waals surface area contributed by atoms with Gasteiger partial charge in [-0.05, 0) is 179 Å². The summed E-state index contributed by atoms with van der Waals surface area (Å²) in [5.74, 6) is 0. The summed E-state index contributed by atoms with van der Waals surface area (Å²) < 4.78 is 5.06. The third-order valence-electron chi connectivity index (χ3n) is 19.2. The van der Waals surface area contributed by atoms with Crippen molar-refractivity contribution < 1.29 is 0 Å². The zero-order valence-corrected chi connectivity index (χ0v) is 49.9. The molecule has 2 aromatic heterocycles. The lowest BCUT2D eigenvalue weighted by molar-refractivity contribution is 0.794. The van der Waals surface area contributed by atoms with Crippen LogP contribution in [0.4, 0.5) is 34.1 Å². The lowest BCUT2D eigenvalue weighted by Gasteiger charge is -2.31. The molecule has 15 aromatic carbocycles. The third kappa shape index (κ3) is 7.36. The maximum atomic E-state index is 2.53. The molecule has 2 heterocycles. The number of benzene rings is 15. The van der Waals surface area contributed by atoms with E-state index in [1.54, 1.807) is 0 Å². The van der Waals surface area contributed by atoms with E-state index in [0.717, 1.165) is 50.8 Å². The lowest BCUT2D eigenvalue weighted by atomic mass is 9.70. The molecule has 17 aromatic rings. The monoisotopic (exact) mass is 1160 g/mol. The number of hydrogen-bond donors (Lipinski definition) is 0. The van der Waals surface area contributed by atoms with Crippen LogP contribution in [0.3, 0.4) is 0 Å².